The molecule has 0 aliphatic heterocycles. The van der Waals surface area contributed by atoms with Crippen LogP contribution in [0, 0.1) is 5.82 Å². The summed E-state index contributed by atoms with van der Waals surface area (Å²) in [6, 6.07) is 9.85. The smallest absolute Gasteiger partial charge is 0.182 e. The molecule has 0 unspecified atom stereocenters. The van der Waals surface area contributed by atoms with Crippen molar-refractivity contribution in [1.29, 1.82) is 0 Å². The van der Waals surface area contributed by atoms with Crippen LogP contribution in [-0.2, 0) is 15.6 Å². The van der Waals surface area contributed by atoms with Crippen LogP contribution < -0.4 is 10.5 Å². The molecule has 2 rings (SSSR count). The van der Waals surface area contributed by atoms with Crippen molar-refractivity contribution < 1.29 is 17.5 Å². The van der Waals surface area contributed by atoms with Gasteiger partial charge in [0.2, 0.25) is 0 Å². The molecular weight excluding hydrogens is 281 g/mol. The summed E-state index contributed by atoms with van der Waals surface area (Å²) in [6.45, 7) is 0. The second-order valence-corrected chi connectivity index (χ2v) is 6.27. The molecule has 6 heteroatoms. The zero-order valence-electron chi connectivity index (χ0n) is 10.8. The Kier molecular flexibility index (Phi) is 3.94. The molecule has 0 saturated carbocycles. The third-order valence-electron chi connectivity index (χ3n) is 2.85. The number of nitrogens with two attached hydrogens (primary N) is 1. The summed E-state index contributed by atoms with van der Waals surface area (Å²) in [4.78, 5) is 0.139. The van der Waals surface area contributed by atoms with Gasteiger partial charge < -0.3 is 10.5 Å². The van der Waals surface area contributed by atoms with E-state index in [1.165, 1.54) is 31.4 Å². The van der Waals surface area contributed by atoms with Crippen LogP contribution in [0.3, 0.4) is 0 Å². The second-order valence-electron chi connectivity index (χ2n) is 4.28. The fourth-order valence-corrected chi connectivity index (χ4v) is 3.20. The predicted molar refractivity (Wildman–Crippen MR) is 74.7 cm³/mol. The second kappa shape index (κ2) is 5.50. The molecule has 4 nitrogen and oxygen atoms in total. The summed E-state index contributed by atoms with van der Waals surface area (Å²) < 4.78 is 42.6. The molecule has 0 heterocycles. The third kappa shape index (κ3) is 3.08. The van der Waals surface area contributed by atoms with E-state index < -0.39 is 15.7 Å². The molecule has 0 spiro atoms. The Morgan fingerprint density at radius 2 is 1.95 bits per heavy atom. The molecule has 0 aliphatic carbocycles. The maximum Gasteiger partial charge on any atom is 0.182 e. The number of nitrogen functional groups attached to an aromatic ring is 1. The fourth-order valence-electron chi connectivity index (χ4n) is 1.78. The van der Waals surface area contributed by atoms with Crippen molar-refractivity contribution in [3.8, 4) is 5.75 Å². The molecular formula is C14H14FNO3S. The van der Waals surface area contributed by atoms with E-state index in [4.69, 9.17) is 10.5 Å². The lowest BCUT2D eigenvalue weighted by atomic mass is 10.2. The van der Waals surface area contributed by atoms with Crippen LogP contribution in [0.25, 0.3) is 0 Å². The summed E-state index contributed by atoms with van der Waals surface area (Å²) in [5.41, 5.74) is 6.12. The van der Waals surface area contributed by atoms with Crippen molar-refractivity contribution >= 4 is 15.5 Å². The van der Waals surface area contributed by atoms with Gasteiger partial charge in [-0.15, -0.1) is 0 Å². The highest BCUT2D eigenvalue weighted by Crippen LogP contribution is 2.23. The quantitative estimate of drug-likeness (QED) is 0.879. The van der Waals surface area contributed by atoms with Crippen molar-refractivity contribution in [2.24, 2.45) is 0 Å². The molecule has 106 valence electrons. The van der Waals surface area contributed by atoms with E-state index in [1.807, 2.05) is 0 Å². The van der Waals surface area contributed by atoms with Crippen molar-refractivity contribution in [2.75, 3.05) is 12.8 Å². The summed E-state index contributed by atoms with van der Waals surface area (Å²) >= 11 is 0. The zero-order chi connectivity index (χ0) is 14.8. The van der Waals surface area contributed by atoms with Gasteiger partial charge in [0.05, 0.1) is 17.8 Å². The Hall–Kier alpha value is -2.08. The first-order chi connectivity index (χ1) is 9.42. The number of rotatable bonds is 4. The monoisotopic (exact) mass is 295 g/mol. The summed E-state index contributed by atoms with van der Waals surface area (Å²) in [7, 11) is -2.10. The maximum atomic E-state index is 13.0. The largest absolute Gasteiger partial charge is 0.497 e. The molecule has 2 aromatic rings. The van der Waals surface area contributed by atoms with Crippen molar-refractivity contribution in [1.82, 2.24) is 0 Å². The van der Waals surface area contributed by atoms with Crippen molar-refractivity contribution in [3.63, 3.8) is 0 Å². The van der Waals surface area contributed by atoms with Gasteiger partial charge in [0, 0.05) is 5.69 Å². The van der Waals surface area contributed by atoms with Crippen LogP contribution in [0.15, 0.2) is 47.4 Å². The highest BCUT2D eigenvalue weighted by molar-refractivity contribution is 7.90. The first kappa shape index (κ1) is 14.3. The van der Waals surface area contributed by atoms with E-state index in [-0.39, 0.29) is 16.3 Å². The lowest BCUT2D eigenvalue weighted by Crippen LogP contribution is -2.07. The van der Waals surface area contributed by atoms with Crippen LogP contribution in [0.2, 0.25) is 0 Å². The fraction of sp³-hybridized carbons (Fsp3) is 0.143. The van der Waals surface area contributed by atoms with E-state index in [2.05, 4.69) is 0 Å². The predicted octanol–water partition coefficient (Wildman–Crippen LogP) is 2.39. The summed E-state index contributed by atoms with van der Waals surface area (Å²) in [6.07, 6.45) is 0. The lowest BCUT2D eigenvalue weighted by Gasteiger charge is -2.08. The van der Waals surface area contributed by atoms with E-state index in [9.17, 15) is 12.8 Å². The molecule has 2 N–H and O–H groups in total. The standard InChI is InChI=1S/C14H14FNO3S/c1-19-12-3-2-4-13(8-12)20(17,18)9-10-5-6-11(15)7-14(10)16/h2-8H,9,16H2,1H3. The SMILES string of the molecule is COc1cccc(S(=O)(=O)Cc2ccc(F)cc2N)c1. The van der Waals surface area contributed by atoms with Gasteiger partial charge in [0.1, 0.15) is 11.6 Å². The number of benzene rings is 2. The average Bonchev–Trinajstić information content (AvgIpc) is 2.42. The first-order valence-corrected chi connectivity index (χ1v) is 7.48. The molecule has 0 aromatic heterocycles. The number of methoxy groups -OCH3 is 1. The zero-order valence-corrected chi connectivity index (χ0v) is 11.7. The van der Waals surface area contributed by atoms with E-state index in [0.29, 0.717) is 11.3 Å². The molecule has 2 aromatic carbocycles. The van der Waals surface area contributed by atoms with Crippen molar-refractivity contribution in [3.05, 3.63) is 53.8 Å². The van der Waals surface area contributed by atoms with Gasteiger partial charge in [0.25, 0.3) is 0 Å². The lowest BCUT2D eigenvalue weighted by molar-refractivity contribution is 0.413. The highest BCUT2D eigenvalue weighted by Gasteiger charge is 2.17. The van der Waals surface area contributed by atoms with Gasteiger partial charge in [-0.3, -0.25) is 0 Å². The Labute approximate surface area is 116 Å². The summed E-state index contributed by atoms with van der Waals surface area (Å²) in [5.74, 6) is -0.324. The van der Waals surface area contributed by atoms with Crippen LogP contribution in [0.4, 0.5) is 10.1 Å². The average molecular weight is 295 g/mol. The van der Waals surface area contributed by atoms with Crippen LogP contribution in [-0.4, -0.2) is 15.5 Å². The maximum absolute atomic E-state index is 13.0. The van der Waals surface area contributed by atoms with Crippen LogP contribution in [0.1, 0.15) is 5.56 Å². The third-order valence-corrected chi connectivity index (χ3v) is 4.52. The number of hydrogen-bond donors (Lipinski definition) is 1. The van der Waals surface area contributed by atoms with Gasteiger partial charge in [-0.2, -0.15) is 0 Å². The molecule has 0 saturated heterocycles. The van der Waals surface area contributed by atoms with Gasteiger partial charge >= 0.3 is 0 Å². The van der Waals surface area contributed by atoms with Gasteiger partial charge in [-0.1, -0.05) is 12.1 Å². The minimum Gasteiger partial charge on any atom is -0.497 e. The first-order valence-electron chi connectivity index (χ1n) is 5.83. The number of sulfone groups is 1. The van der Waals surface area contributed by atoms with E-state index >= 15 is 0 Å². The number of ether oxygens (including phenoxy) is 1. The van der Waals surface area contributed by atoms with Crippen LogP contribution in [0.5, 0.6) is 5.75 Å². The molecule has 0 radical (unpaired) electrons. The van der Waals surface area contributed by atoms with E-state index in [1.54, 1.807) is 12.1 Å². The number of halogens is 1. The topological polar surface area (TPSA) is 69.4 Å². The summed E-state index contributed by atoms with van der Waals surface area (Å²) in [5, 5.41) is 0. The molecule has 20 heavy (non-hydrogen) atoms. The van der Waals surface area contributed by atoms with Crippen LogP contribution >= 0.6 is 0 Å². The normalized spacial score (nSPS) is 11.3. The van der Waals surface area contributed by atoms with E-state index in [0.717, 1.165) is 6.07 Å². The van der Waals surface area contributed by atoms with Gasteiger partial charge in [-0.25, -0.2) is 12.8 Å². The molecule has 0 aliphatic rings. The Balaban J connectivity index is 2.35. The number of hydrogen-bond acceptors (Lipinski definition) is 4. The molecule has 0 atom stereocenters. The highest BCUT2D eigenvalue weighted by atomic mass is 32.2. The Morgan fingerprint density at radius 1 is 1.20 bits per heavy atom. The van der Waals surface area contributed by atoms with Crippen molar-refractivity contribution in [2.45, 2.75) is 10.6 Å². The number of anilines is 1. The molecule has 0 amide bonds. The van der Waals surface area contributed by atoms with Gasteiger partial charge in [-0.05, 0) is 35.9 Å². The van der Waals surface area contributed by atoms with Gasteiger partial charge in [0.15, 0.2) is 9.84 Å². The Morgan fingerprint density at radius 3 is 2.60 bits per heavy atom. The minimum atomic E-state index is -3.56. The molecule has 0 fully saturated rings. The molecule has 0 bridgehead atoms. The minimum absolute atomic E-state index is 0.122. The Bertz CT molecular complexity index is 729.